The number of nitrogens with one attached hydrogen (secondary N) is 1. The van der Waals surface area contributed by atoms with Crippen LogP contribution in [-0.2, 0) is 9.53 Å². The Morgan fingerprint density at radius 1 is 1.16 bits per heavy atom. The van der Waals surface area contributed by atoms with Crippen LogP contribution in [0.15, 0.2) is 36.5 Å². The van der Waals surface area contributed by atoms with Gasteiger partial charge in [0.15, 0.2) is 6.10 Å². The van der Waals surface area contributed by atoms with Crippen molar-refractivity contribution in [1.82, 2.24) is 4.98 Å². The van der Waals surface area contributed by atoms with Crippen molar-refractivity contribution in [2.75, 3.05) is 24.3 Å². The first-order valence-electron chi connectivity index (χ1n) is 8.00. The molecule has 6 nitrogen and oxygen atoms in total. The van der Waals surface area contributed by atoms with Gasteiger partial charge in [0, 0.05) is 26.0 Å². The minimum Gasteiger partial charge on any atom is -0.449 e. The van der Waals surface area contributed by atoms with Gasteiger partial charge in [-0.2, -0.15) is 0 Å². The topological polar surface area (TPSA) is 71.5 Å². The summed E-state index contributed by atoms with van der Waals surface area (Å²) in [6.45, 7) is 5.45. The first kappa shape index (κ1) is 18.4. The Kier molecular flexibility index (Phi) is 5.75. The molecule has 0 spiro atoms. The summed E-state index contributed by atoms with van der Waals surface area (Å²) in [5, 5.41) is 2.79. The van der Waals surface area contributed by atoms with E-state index in [0.29, 0.717) is 17.1 Å². The number of anilines is 2. The van der Waals surface area contributed by atoms with E-state index in [9.17, 15) is 9.59 Å². The summed E-state index contributed by atoms with van der Waals surface area (Å²) in [4.78, 5) is 30.5. The Hall–Kier alpha value is -2.89. The molecule has 1 N–H and O–H groups in total. The SMILES string of the molecule is Cc1ccc(NC(=O)[C@H](C)OC(=O)c2ccnc(N(C)C)c2)c(C)c1. The first-order valence-corrected chi connectivity index (χ1v) is 8.00. The maximum absolute atomic E-state index is 12.3. The molecule has 0 fully saturated rings. The lowest BCUT2D eigenvalue weighted by molar-refractivity contribution is -0.123. The van der Waals surface area contributed by atoms with Crippen molar-refractivity contribution in [1.29, 1.82) is 0 Å². The van der Waals surface area contributed by atoms with E-state index < -0.39 is 12.1 Å². The van der Waals surface area contributed by atoms with Gasteiger partial charge >= 0.3 is 5.97 Å². The second-order valence-electron chi connectivity index (χ2n) is 6.15. The number of aromatic nitrogens is 1. The molecular weight excluding hydrogens is 318 g/mol. The largest absolute Gasteiger partial charge is 0.449 e. The molecule has 132 valence electrons. The third kappa shape index (κ3) is 4.79. The molecule has 1 aromatic carbocycles. The number of hydrogen-bond donors (Lipinski definition) is 1. The molecule has 1 amide bonds. The second-order valence-corrected chi connectivity index (χ2v) is 6.15. The number of pyridine rings is 1. The number of amides is 1. The van der Waals surface area contributed by atoms with Crippen LogP contribution in [0, 0.1) is 13.8 Å². The lowest BCUT2D eigenvalue weighted by atomic mass is 10.1. The highest BCUT2D eigenvalue weighted by Gasteiger charge is 2.20. The van der Waals surface area contributed by atoms with Crippen LogP contribution in [0.5, 0.6) is 0 Å². The lowest BCUT2D eigenvalue weighted by Gasteiger charge is -2.16. The number of benzene rings is 1. The molecule has 0 aliphatic rings. The molecule has 0 saturated carbocycles. The number of esters is 1. The third-order valence-electron chi connectivity index (χ3n) is 3.73. The van der Waals surface area contributed by atoms with Gasteiger partial charge < -0.3 is 15.0 Å². The van der Waals surface area contributed by atoms with Crippen LogP contribution >= 0.6 is 0 Å². The molecular formula is C19H23N3O3. The van der Waals surface area contributed by atoms with Crippen molar-refractivity contribution >= 4 is 23.4 Å². The molecule has 1 atom stereocenters. The maximum atomic E-state index is 12.3. The molecule has 0 radical (unpaired) electrons. The zero-order valence-electron chi connectivity index (χ0n) is 15.2. The van der Waals surface area contributed by atoms with Gasteiger partial charge in [0.1, 0.15) is 5.82 Å². The predicted molar refractivity (Wildman–Crippen MR) is 98.0 cm³/mol. The Balaban J connectivity index is 2.03. The van der Waals surface area contributed by atoms with Gasteiger partial charge in [0.2, 0.25) is 0 Å². The van der Waals surface area contributed by atoms with Crippen molar-refractivity contribution in [3.63, 3.8) is 0 Å². The van der Waals surface area contributed by atoms with Gasteiger partial charge in [-0.15, -0.1) is 0 Å². The molecule has 1 heterocycles. The average Bonchev–Trinajstić information content (AvgIpc) is 2.57. The zero-order chi connectivity index (χ0) is 18.6. The summed E-state index contributed by atoms with van der Waals surface area (Å²) in [7, 11) is 3.66. The van der Waals surface area contributed by atoms with E-state index in [0.717, 1.165) is 11.1 Å². The van der Waals surface area contributed by atoms with Crippen LogP contribution in [0.3, 0.4) is 0 Å². The number of aryl methyl sites for hydroxylation is 2. The Morgan fingerprint density at radius 3 is 2.52 bits per heavy atom. The molecule has 1 aromatic heterocycles. The minimum absolute atomic E-state index is 0.352. The van der Waals surface area contributed by atoms with Gasteiger partial charge in [-0.05, 0) is 44.5 Å². The quantitative estimate of drug-likeness (QED) is 0.847. The van der Waals surface area contributed by atoms with E-state index in [1.807, 2.05) is 46.1 Å². The van der Waals surface area contributed by atoms with Gasteiger partial charge in [0.05, 0.1) is 5.56 Å². The summed E-state index contributed by atoms with van der Waals surface area (Å²) in [6, 6.07) is 8.91. The smallest absolute Gasteiger partial charge is 0.339 e. The fourth-order valence-corrected chi connectivity index (χ4v) is 2.26. The van der Waals surface area contributed by atoms with E-state index in [4.69, 9.17) is 4.74 Å². The fraction of sp³-hybridized carbons (Fsp3) is 0.316. The summed E-state index contributed by atoms with van der Waals surface area (Å²) < 4.78 is 5.27. The molecule has 6 heteroatoms. The summed E-state index contributed by atoms with van der Waals surface area (Å²) in [5.41, 5.74) is 3.13. The highest BCUT2D eigenvalue weighted by molar-refractivity contribution is 5.97. The molecule has 2 aromatic rings. The van der Waals surface area contributed by atoms with Crippen LogP contribution in [0.25, 0.3) is 0 Å². The van der Waals surface area contributed by atoms with Crippen molar-refractivity contribution in [3.05, 3.63) is 53.2 Å². The van der Waals surface area contributed by atoms with Gasteiger partial charge in [-0.3, -0.25) is 4.79 Å². The van der Waals surface area contributed by atoms with Gasteiger partial charge in [-0.25, -0.2) is 9.78 Å². The number of rotatable bonds is 5. The van der Waals surface area contributed by atoms with Crippen LogP contribution in [0.1, 0.15) is 28.4 Å². The van der Waals surface area contributed by atoms with E-state index in [1.165, 1.54) is 6.20 Å². The van der Waals surface area contributed by atoms with Crippen LogP contribution < -0.4 is 10.2 Å². The molecule has 25 heavy (non-hydrogen) atoms. The standard InChI is InChI=1S/C19H23N3O3/c1-12-6-7-16(13(2)10-12)21-18(23)14(3)25-19(24)15-8-9-20-17(11-15)22(4)5/h6-11,14H,1-5H3,(H,21,23)/t14-/m0/s1. The number of ether oxygens (including phenoxy) is 1. The molecule has 0 unspecified atom stereocenters. The Labute approximate surface area is 147 Å². The molecule has 0 bridgehead atoms. The normalized spacial score (nSPS) is 11.6. The Morgan fingerprint density at radius 2 is 1.88 bits per heavy atom. The van der Waals surface area contributed by atoms with Crippen molar-refractivity contribution in [2.45, 2.75) is 26.9 Å². The van der Waals surface area contributed by atoms with Gasteiger partial charge in [0.25, 0.3) is 5.91 Å². The van der Waals surface area contributed by atoms with E-state index >= 15 is 0 Å². The molecule has 2 rings (SSSR count). The summed E-state index contributed by atoms with van der Waals surface area (Å²) >= 11 is 0. The first-order chi connectivity index (χ1) is 11.8. The highest BCUT2D eigenvalue weighted by Crippen LogP contribution is 2.17. The fourth-order valence-electron chi connectivity index (χ4n) is 2.26. The van der Waals surface area contributed by atoms with E-state index in [-0.39, 0.29) is 5.91 Å². The summed E-state index contributed by atoms with van der Waals surface area (Å²) in [5.74, 6) is -0.294. The molecule has 0 saturated heterocycles. The monoisotopic (exact) mass is 341 g/mol. The molecule has 0 aliphatic heterocycles. The van der Waals surface area contributed by atoms with E-state index in [1.54, 1.807) is 24.0 Å². The van der Waals surface area contributed by atoms with Crippen molar-refractivity contribution < 1.29 is 14.3 Å². The maximum Gasteiger partial charge on any atom is 0.339 e. The van der Waals surface area contributed by atoms with Crippen molar-refractivity contribution in [3.8, 4) is 0 Å². The van der Waals surface area contributed by atoms with Crippen LogP contribution in [0.2, 0.25) is 0 Å². The Bertz CT molecular complexity index is 787. The number of nitrogens with zero attached hydrogens (tertiary/aromatic N) is 2. The van der Waals surface area contributed by atoms with E-state index in [2.05, 4.69) is 10.3 Å². The third-order valence-corrected chi connectivity index (χ3v) is 3.73. The zero-order valence-corrected chi connectivity index (χ0v) is 15.2. The number of carbonyl (C=O) groups excluding carboxylic acids is 2. The summed E-state index contributed by atoms with van der Waals surface area (Å²) in [6.07, 6.45) is 0.621. The lowest BCUT2D eigenvalue weighted by Crippen LogP contribution is -2.30. The van der Waals surface area contributed by atoms with Gasteiger partial charge in [-0.1, -0.05) is 17.7 Å². The molecule has 0 aliphatic carbocycles. The average molecular weight is 341 g/mol. The second kappa shape index (κ2) is 7.79. The number of carbonyl (C=O) groups is 2. The van der Waals surface area contributed by atoms with Crippen LogP contribution in [-0.4, -0.2) is 37.1 Å². The highest BCUT2D eigenvalue weighted by atomic mass is 16.5. The number of hydrogen-bond acceptors (Lipinski definition) is 5. The predicted octanol–water partition coefficient (Wildman–Crippen LogP) is 2.95. The van der Waals surface area contributed by atoms with Crippen LogP contribution in [0.4, 0.5) is 11.5 Å². The minimum atomic E-state index is -0.913. The van der Waals surface area contributed by atoms with Crippen molar-refractivity contribution in [2.24, 2.45) is 0 Å².